The van der Waals surface area contributed by atoms with E-state index < -0.39 is 0 Å². The summed E-state index contributed by atoms with van der Waals surface area (Å²) in [5.41, 5.74) is 3.67. The Balaban J connectivity index is 1.60. The van der Waals surface area contributed by atoms with Gasteiger partial charge in [-0.2, -0.15) is 0 Å². The standard InChI is InChI=1S/C22H31NO/c1-2-22(24)14-10-5-3-4-7-11-19-15-17-21(18-16-19)23-20-12-8-6-9-13-20/h6,8-9,12-13,15-18,22-24H,2-5,7,10-11,14H2,1H3. The number of nitrogens with one attached hydrogen (secondary N) is 1. The zero-order valence-electron chi connectivity index (χ0n) is 14.9. The molecule has 0 heterocycles. The van der Waals surface area contributed by atoms with Crippen LogP contribution in [-0.4, -0.2) is 11.2 Å². The van der Waals surface area contributed by atoms with Crippen LogP contribution in [0.4, 0.5) is 11.4 Å². The molecule has 2 N–H and O–H groups in total. The number of unbranched alkanes of at least 4 members (excludes halogenated alkanes) is 4. The Hall–Kier alpha value is -1.80. The van der Waals surface area contributed by atoms with Gasteiger partial charge in [-0.3, -0.25) is 0 Å². The van der Waals surface area contributed by atoms with Crippen molar-refractivity contribution in [3.8, 4) is 0 Å². The van der Waals surface area contributed by atoms with Gasteiger partial charge in [-0.15, -0.1) is 0 Å². The molecule has 0 amide bonds. The van der Waals surface area contributed by atoms with Crippen LogP contribution in [0.15, 0.2) is 54.6 Å². The molecule has 0 saturated carbocycles. The fraction of sp³-hybridized carbons (Fsp3) is 0.455. The van der Waals surface area contributed by atoms with Gasteiger partial charge in [-0.25, -0.2) is 0 Å². The second-order valence-corrected chi connectivity index (χ2v) is 6.56. The van der Waals surface area contributed by atoms with E-state index in [1.807, 2.05) is 25.1 Å². The summed E-state index contributed by atoms with van der Waals surface area (Å²) in [5, 5.41) is 12.9. The summed E-state index contributed by atoms with van der Waals surface area (Å²) >= 11 is 0. The Morgan fingerprint density at radius 2 is 1.42 bits per heavy atom. The minimum Gasteiger partial charge on any atom is -0.393 e. The lowest BCUT2D eigenvalue weighted by Gasteiger charge is -2.08. The number of anilines is 2. The first-order valence-electron chi connectivity index (χ1n) is 9.37. The van der Waals surface area contributed by atoms with Gasteiger partial charge < -0.3 is 10.4 Å². The SMILES string of the molecule is CCC(O)CCCCCCCc1ccc(Nc2ccccc2)cc1. The van der Waals surface area contributed by atoms with Gasteiger partial charge in [0.2, 0.25) is 0 Å². The lowest BCUT2D eigenvalue weighted by Crippen LogP contribution is -2.03. The first kappa shape index (κ1) is 18.5. The summed E-state index contributed by atoms with van der Waals surface area (Å²) in [4.78, 5) is 0. The smallest absolute Gasteiger partial charge is 0.0537 e. The molecule has 0 aromatic heterocycles. The second-order valence-electron chi connectivity index (χ2n) is 6.56. The van der Waals surface area contributed by atoms with Gasteiger partial charge in [0.15, 0.2) is 0 Å². The topological polar surface area (TPSA) is 32.3 Å². The highest BCUT2D eigenvalue weighted by atomic mass is 16.3. The number of benzene rings is 2. The molecule has 0 spiro atoms. The van der Waals surface area contributed by atoms with Crippen molar-refractivity contribution in [3.05, 3.63) is 60.2 Å². The Bertz CT molecular complexity index is 550. The molecule has 0 aliphatic rings. The molecule has 2 heteroatoms. The van der Waals surface area contributed by atoms with E-state index >= 15 is 0 Å². The van der Waals surface area contributed by atoms with E-state index in [1.54, 1.807) is 0 Å². The number of aryl methyl sites for hydroxylation is 1. The summed E-state index contributed by atoms with van der Waals surface area (Å²) < 4.78 is 0. The Kier molecular flexibility index (Phi) is 8.40. The molecule has 0 aliphatic carbocycles. The van der Waals surface area contributed by atoms with Crippen LogP contribution in [0.3, 0.4) is 0 Å². The zero-order chi connectivity index (χ0) is 17.0. The molecule has 2 rings (SSSR count). The number of hydrogen-bond donors (Lipinski definition) is 2. The van der Waals surface area contributed by atoms with Crippen molar-refractivity contribution in [2.75, 3.05) is 5.32 Å². The molecule has 2 aromatic rings. The third-order valence-corrected chi connectivity index (χ3v) is 4.49. The van der Waals surface area contributed by atoms with Crippen molar-refractivity contribution in [1.82, 2.24) is 0 Å². The van der Waals surface area contributed by atoms with Crippen molar-refractivity contribution >= 4 is 11.4 Å². The molecular weight excluding hydrogens is 294 g/mol. The van der Waals surface area contributed by atoms with Gasteiger partial charge in [0.25, 0.3) is 0 Å². The molecular formula is C22H31NO. The molecule has 2 nitrogen and oxygen atoms in total. The van der Waals surface area contributed by atoms with Crippen molar-refractivity contribution < 1.29 is 5.11 Å². The van der Waals surface area contributed by atoms with E-state index in [4.69, 9.17) is 0 Å². The third kappa shape index (κ3) is 7.18. The van der Waals surface area contributed by atoms with E-state index in [0.29, 0.717) is 0 Å². The number of aliphatic hydroxyl groups excluding tert-OH is 1. The summed E-state index contributed by atoms with van der Waals surface area (Å²) in [6.45, 7) is 2.05. The van der Waals surface area contributed by atoms with Gasteiger partial charge in [0.05, 0.1) is 6.10 Å². The highest BCUT2D eigenvalue weighted by Gasteiger charge is 2.00. The van der Waals surface area contributed by atoms with E-state index in [2.05, 4.69) is 41.7 Å². The minimum absolute atomic E-state index is 0.0898. The van der Waals surface area contributed by atoms with Crippen molar-refractivity contribution in [1.29, 1.82) is 0 Å². The Morgan fingerprint density at radius 1 is 0.792 bits per heavy atom. The number of aliphatic hydroxyl groups is 1. The molecule has 130 valence electrons. The van der Waals surface area contributed by atoms with Crippen LogP contribution in [0.5, 0.6) is 0 Å². The maximum Gasteiger partial charge on any atom is 0.0537 e. The molecule has 2 aromatic carbocycles. The molecule has 0 fully saturated rings. The van der Waals surface area contributed by atoms with Crippen LogP contribution in [0.1, 0.15) is 57.4 Å². The van der Waals surface area contributed by atoms with E-state index in [1.165, 1.54) is 31.2 Å². The number of para-hydroxylation sites is 1. The normalized spacial score (nSPS) is 12.1. The molecule has 24 heavy (non-hydrogen) atoms. The van der Waals surface area contributed by atoms with Crippen LogP contribution in [-0.2, 0) is 6.42 Å². The zero-order valence-corrected chi connectivity index (χ0v) is 14.9. The van der Waals surface area contributed by atoms with Gasteiger partial charge in [0, 0.05) is 11.4 Å². The summed E-state index contributed by atoms with van der Waals surface area (Å²) in [5.74, 6) is 0. The number of rotatable bonds is 11. The fourth-order valence-electron chi connectivity index (χ4n) is 2.89. The maximum atomic E-state index is 9.52. The first-order valence-corrected chi connectivity index (χ1v) is 9.37. The maximum absolute atomic E-state index is 9.52. The predicted molar refractivity (Wildman–Crippen MR) is 104 cm³/mol. The minimum atomic E-state index is -0.0898. The van der Waals surface area contributed by atoms with Crippen LogP contribution >= 0.6 is 0 Å². The highest BCUT2D eigenvalue weighted by Crippen LogP contribution is 2.18. The average Bonchev–Trinajstić information content (AvgIpc) is 2.63. The molecule has 0 aliphatic heterocycles. The largest absolute Gasteiger partial charge is 0.393 e. The van der Waals surface area contributed by atoms with E-state index in [-0.39, 0.29) is 6.10 Å². The summed E-state index contributed by atoms with van der Waals surface area (Å²) in [6, 6.07) is 19.0. The number of hydrogen-bond acceptors (Lipinski definition) is 2. The summed E-state index contributed by atoms with van der Waals surface area (Å²) in [7, 11) is 0. The van der Waals surface area contributed by atoms with Crippen molar-refractivity contribution in [2.24, 2.45) is 0 Å². The lowest BCUT2D eigenvalue weighted by atomic mass is 10.0. The van der Waals surface area contributed by atoms with Crippen LogP contribution in [0.25, 0.3) is 0 Å². The highest BCUT2D eigenvalue weighted by molar-refractivity contribution is 5.59. The lowest BCUT2D eigenvalue weighted by molar-refractivity contribution is 0.156. The molecule has 1 unspecified atom stereocenters. The van der Waals surface area contributed by atoms with E-state index in [0.717, 1.165) is 37.1 Å². The van der Waals surface area contributed by atoms with Gasteiger partial charge in [0.1, 0.15) is 0 Å². The van der Waals surface area contributed by atoms with Crippen molar-refractivity contribution in [2.45, 2.75) is 64.4 Å². The van der Waals surface area contributed by atoms with Gasteiger partial charge in [-0.1, -0.05) is 62.9 Å². The van der Waals surface area contributed by atoms with Crippen molar-refractivity contribution in [3.63, 3.8) is 0 Å². The van der Waals surface area contributed by atoms with Crippen LogP contribution < -0.4 is 5.32 Å². The van der Waals surface area contributed by atoms with Crippen LogP contribution in [0, 0.1) is 0 Å². The Labute approximate surface area is 146 Å². The fourth-order valence-corrected chi connectivity index (χ4v) is 2.89. The third-order valence-electron chi connectivity index (χ3n) is 4.49. The molecule has 0 saturated heterocycles. The molecule has 0 radical (unpaired) electrons. The quantitative estimate of drug-likeness (QED) is 0.490. The Morgan fingerprint density at radius 3 is 2.12 bits per heavy atom. The van der Waals surface area contributed by atoms with Gasteiger partial charge >= 0.3 is 0 Å². The average molecular weight is 325 g/mol. The van der Waals surface area contributed by atoms with Crippen LogP contribution in [0.2, 0.25) is 0 Å². The first-order chi connectivity index (χ1) is 11.8. The monoisotopic (exact) mass is 325 g/mol. The second kappa shape index (κ2) is 10.9. The predicted octanol–water partition coefficient (Wildman–Crippen LogP) is 6.08. The van der Waals surface area contributed by atoms with E-state index in [9.17, 15) is 5.11 Å². The molecule has 0 bridgehead atoms. The summed E-state index contributed by atoms with van der Waals surface area (Å²) in [6.07, 6.45) is 9.14. The molecule has 1 atom stereocenters. The van der Waals surface area contributed by atoms with Gasteiger partial charge in [-0.05, 0) is 55.5 Å².